The van der Waals surface area contributed by atoms with Gasteiger partial charge >= 0.3 is 0 Å². The lowest BCUT2D eigenvalue weighted by Crippen LogP contribution is -2.28. The van der Waals surface area contributed by atoms with Crippen molar-refractivity contribution >= 4 is 28.5 Å². The molecule has 7 heteroatoms. The predicted molar refractivity (Wildman–Crippen MR) is 92.5 cm³/mol. The van der Waals surface area contributed by atoms with Gasteiger partial charge in [0.15, 0.2) is 5.65 Å². The van der Waals surface area contributed by atoms with Crippen molar-refractivity contribution in [1.82, 2.24) is 20.1 Å². The lowest BCUT2D eigenvalue weighted by Gasteiger charge is -2.08. The minimum atomic E-state index is -0.188. The average Bonchev–Trinajstić information content (AvgIpc) is 2.87. The van der Waals surface area contributed by atoms with Crippen LogP contribution in [0.25, 0.3) is 11.0 Å². The number of hydrogen-bond donors (Lipinski definition) is 1. The Morgan fingerprint density at radius 2 is 2.08 bits per heavy atom. The zero-order chi connectivity index (χ0) is 17.1. The zero-order valence-corrected chi connectivity index (χ0v) is 14.2. The highest BCUT2D eigenvalue weighted by Gasteiger charge is 2.11. The van der Waals surface area contributed by atoms with E-state index >= 15 is 0 Å². The lowest BCUT2D eigenvalue weighted by molar-refractivity contribution is 0.0947. The van der Waals surface area contributed by atoms with E-state index in [2.05, 4.69) is 15.4 Å². The van der Waals surface area contributed by atoms with E-state index in [1.807, 2.05) is 14.0 Å². The third-order valence-corrected chi connectivity index (χ3v) is 3.85. The van der Waals surface area contributed by atoms with E-state index in [0.29, 0.717) is 29.5 Å². The normalized spacial score (nSPS) is 10.8. The van der Waals surface area contributed by atoms with Gasteiger partial charge < -0.3 is 10.1 Å². The second kappa shape index (κ2) is 6.88. The number of halogens is 1. The fraction of sp³-hybridized carbons (Fsp3) is 0.235. The third-order valence-electron chi connectivity index (χ3n) is 3.60. The molecule has 24 heavy (non-hydrogen) atoms. The molecular formula is C17H17ClN4O2. The molecule has 2 aromatic heterocycles. The summed E-state index contributed by atoms with van der Waals surface area (Å²) in [6.07, 6.45) is 1.55. The van der Waals surface area contributed by atoms with Crippen LogP contribution in [0, 0.1) is 6.92 Å². The number of nitrogens with one attached hydrogen (secondary N) is 1. The first-order chi connectivity index (χ1) is 11.5. The quantitative estimate of drug-likeness (QED) is 0.722. The van der Waals surface area contributed by atoms with Crippen LogP contribution in [0.1, 0.15) is 16.1 Å². The third kappa shape index (κ3) is 3.49. The Hall–Kier alpha value is -2.60. The number of nitrogens with zero attached hydrogens (tertiary/aromatic N) is 3. The molecular weight excluding hydrogens is 328 g/mol. The van der Waals surface area contributed by atoms with Gasteiger partial charge in [-0.05, 0) is 37.3 Å². The monoisotopic (exact) mass is 344 g/mol. The smallest absolute Gasteiger partial charge is 0.252 e. The Labute approximate surface area is 144 Å². The van der Waals surface area contributed by atoms with Gasteiger partial charge in [-0.25, -0.2) is 4.98 Å². The Kier molecular flexibility index (Phi) is 4.66. The van der Waals surface area contributed by atoms with Crippen molar-refractivity contribution in [2.45, 2.75) is 6.92 Å². The molecule has 1 N–H and O–H groups in total. The van der Waals surface area contributed by atoms with Crippen LogP contribution in [0.2, 0.25) is 5.02 Å². The van der Waals surface area contributed by atoms with Gasteiger partial charge in [0.1, 0.15) is 12.4 Å². The maximum Gasteiger partial charge on any atom is 0.252 e. The van der Waals surface area contributed by atoms with Crippen LogP contribution in [-0.4, -0.2) is 33.8 Å². The van der Waals surface area contributed by atoms with Crippen molar-refractivity contribution < 1.29 is 9.53 Å². The van der Waals surface area contributed by atoms with Gasteiger partial charge in [-0.1, -0.05) is 11.6 Å². The van der Waals surface area contributed by atoms with E-state index in [-0.39, 0.29) is 5.91 Å². The van der Waals surface area contributed by atoms with Gasteiger partial charge in [0, 0.05) is 23.7 Å². The second-order valence-electron chi connectivity index (χ2n) is 5.36. The number of carbonyl (C=O) groups excluding carboxylic acids is 1. The molecule has 0 atom stereocenters. The summed E-state index contributed by atoms with van der Waals surface area (Å²) < 4.78 is 7.24. The Morgan fingerprint density at radius 1 is 1.33 bits per heavy atom. The molecule has 0 aliphatic carbocycles. The minimum Gasteiger partial charge on any atom is -0.492 e. The molecule has 1 aromatic carbocycles. The van der Waals surface area contributed by atoms with Crippen LogP contribution in [0.5, 0.6) is 5.75 Å². The van der Waals surface area contributed by atoms with Crippen LogP contribution >= 0.6 is 11.6 Å². The Bertz CT molecular complexity index is 874. The molecule has 0 saturated heterocycles. The average molecular weight is 345 g/mol. The summed E-state index contributed by atoms with van der Waals surface area (Å²) in [5.41, 5.74) is 2.11. The number of hydrogen-bond acceptors (Lipinski definition) is 4. The molecule has 0 saturated carbocycles. The lowest BCUT2D eigenvalue weighted by atomic mass is 10.2. The second-order valence-corrected chi connectivity index (χ2v) is 5.80. The van der Waals surface area contributed by atoms with Crippen LogP contribution in [0.3, 0.4) is 0 Å². The first-order valence-corrected chi connectivity index (χ1v) is 7.88. The number of aromatic nitrogens is 3. The molecule has 3 aromatic rings. The van der Waals surface area contributed by atoms with Crippen molar-refractivity contribution in [1.29, 1.82) is 0 Å². The molecule has 6 nitrogen and oxygen atoms in total. The summed E-state index contributed by atoms with van der Waals surface area (Å²) in [5.74, 6) is 0.523. The standard InChI is InChI=1S/C17H17ClN4O2/c1-11-15-9-12(10-20-16(15)22(2)21-11)17(23)19-7-8-24-14-5-3-13(18)4-6-14/h3-6,9-10H,7-8H2,1-2H3,(H,19,23). The van der Waals surface area contributed by atoms with Gasteiger partial charge in [-0.15, -0.1) is 0 Å². The highest BCUT2D eigenvalue weighted by atomic mass is 35.5. The van der Waals surface area contributed by atoms with Crippen LogP contribution in [0.4, 0.5) is 0 Å². The molecule has 2 heterocycles. The summed E-state index contributed by atoms with van der Waals surface area (Å²) in [5, 5.41) is 8.65. The van der Waals surface area contributed by atoms with Gasteiger partial charge in [0.05, 0.1) is 17.8 Å². The highest BCUT2D eigenvalue weighted by Crippen LogP contribution is 2.17. The molecule has 0 bridgehead atoms. The number of benzene rings is 1. The van der Waals surface area contributed by atoms with Crippen molar-refractivity contribution in [2.75, 3.05) is 13.2 Å². The fourth-order valence-electron chi connectivity index (χ4n) is 2.40. The van der Waals surface area contributed by atoms with Crippen LogP contribution < -0.4 is 10.1 Å². The summed E-state index contributed by atoms with van der Waals surface area (Å²) in [6, 6.07) is 8.89. The van der Waals surface area contributed by atoms with E-state index in [9.17, 15) is 4.79 Å². The van der Waals surface area contributed by atoms with E-state index < -0.39 is 0 Å². The molecule has 1 amide bonds. The van der Waals surface area contributed by atoms with Crippen LogP contribution in [0.15, 0.2) is 36.5 Å². The molecule has 124 valence electrons. The molecule has 0 fully saturated rings. The van der Waals surface area contributed by atoms with Crippen LogP contribution in [-0.2, 0) is 7.05 Å². The maximum atomic E-state index is 12.2. The molecule has 0 radical (unpaired) electrons. The molecule has 0 aliphatic heterocycles. The van der Waals surface area contributed by atoms with Crippen molar-refractivity contribution in [2.24, 2.45) is 7.05 Å². The van der Waals surface area contributed by atoms with Crippen molar-refractivity contribution in [3.05, 3.63) is 52.8 Å². The largest absolute Gasteiger partial charge is 0.492 e. The summed E-state index contributed by atoms with van der Waals surface area (Å²) in [4.78, 5) is 16.5. The predicted octanol–water partition coefficient (Wildman–Crippen LogP) is 2.74. The number of aryl methyl sites for hydroxylation is 2. The molecule has 0 aliphatic rings. The summed E-state index contributed by atoms with van der Waals surface area (Å²) in [6.45, 7) is 2.66. The van der Waals surface area contributed by atoms with Crippen molar-refractivity contribution in [3.8, 4) is 5.75 Å². The zero-order valence-electron chi connectivity index (χ0n) is 13.4. The van der Waals surface area contributed by atoms with E-state index in [0.717, 1.165) is 16.7 Å². The number of ether oxygens (including phenoxy) is 1. The van der Waals surface area contributed by atoms with Gasteiger partial charge in [-0.2, -0.15) is 5.10 Å². The Morgan fingerprint density at radius 3 is 2.83 bits per heavy atom. The van der Waals surface area contributed by atoms with E-state index in [1.54, 1.807) is 41.2 Å². The molecule has 3 rings (SSSR count). The van der Waals surface area contributed by atoms with Crippen molar-refractivity contribution in [3.63, 3.8) is 0 Å². The van der Waals surface area contributed by atoms with Gasteiger partial charge in [0.25, 0.3) is 5.91 Å². The SMILES string of the molecule is Cc1nn(C)c2ncc(C(=O)NCCOc3ccc(Cl)cc3)cc12. The first kappa shape index (κ1) is 16.3. The van der Waals surface area contributed by atoms with E-state index in [4.69, 9.17) is 16.3 Å². The number of amides is 1. The highest BCUT2D eigenvalue weighted by molar-refractivity contribution is 6.30. The summed E-state index contributed by atoms with van der Waals surface area (Å²) in [7, 11) is 1.83. The number of fused-ring (bicyclic) bond motifs is 1. The Balaban J connectivity index is 1.57. The molecule has 0 unspecified atom stereocenters. The number of rotatable bonds is 5. The molecule has 0 spiro atoms. The fourth-order valence-corrected chi connectivity index (χ4v) is 2.52. The number of pyridine rings is 1. The number of carbonyl (C=O) groups is 1. The van der Waals surface area contributed by atoms with Gasteiger partial charge in [0.2, 0.25) is 0 Å². The van der Waals surface area contributed by atoms with Gasteiger partial charge in [-0.3, -0.25) is 9.48 Å². The maximum absolute atomic E-state index is 12.2. The first-order valence-electron chi connectivity index (χ1n) is 7.50. The minimum absolute atomic E-state index is 0.188. The van der Waals surface area contributed by atoms with E-state index in [1.165, 1.54) is 0 Å². The topological polar surface area (TPSA) is 69.0 Å². The summed E-state index contributed by atoms with van der Waals surface area (Å²) >= 11 is 5.81.